The van der Waals surface area contributed by atoms with E-state index in [2.05, 4.69) is 16.9 Å². The first-order chi connectivity index (χ1) is 10.6. The van der Waals surface area contributed by atoms with Crippen molar-refractivity contribution in [3.8, 4) is 0 Å². The van der Waals surface area contributed by atoms with Gasteiger partial charge in [0, 0.05) is 25.6 Å². The summed E-state index contributed by atoms with van der Waals surface area (Å²) in [5, 5.41) is 0.702. The summed E-state index contributed by atoms with van der Waals surface area (Å²) in [5.41, 5.74) is 3.10. The van der Waals surface area contributed by atoms with Crippen LogP contribution in [-0.2, 0) is 11.3 Å². The van der Waals surface area contributed by atoms with Crippen molar-refractivity contribution in [2.75, 3.05) is 33.4 Å². The molecule has 1 unspecified atom stereocenters. The average molecular weight is 301 g/mol. The highest BCUT2D eigenvalue weighted by molar-refractivity contribution is 5.81. The monoisotopic (exact) mass is 301 g/mol. The Labute approximate surface area is 130 Å². The number of benzene rings is 1. The normalized spacial score (nSPS) is 20.2. The number of fused-ring (bicyclic) bond motifs is 1. The number of likely N-dealkylation sites (N-methyl/N-ethyl adjacent to an activating group) is 1. The number of aromatic nitrogens is 2. The molecular weight excluding hydrogens is 278 g/mol. The van der Waals surface area contributed by atoms with Gasteiger partial charge >= 0.3 is 0 Å². The molecule has 1 fully saturated rings. The summed E-state index contributed by atoms with van der Waals surface area (Å²) in [7, 11) is 2.09. The highest BCUT2D eigenvalue weighted by Gasteiger charge is 2.18. The summed E-state index contributed by atoms with van der Waals surface area (Å²) < 4.78 is 7.36. The van der Waals surface area contributed by atoms with Crippen LogP contribution in [0, 0.1) is 19.8 Å². The lowest BCUT2D eigenvalue weighted by Crippen LogP contribution is -2.32. The third-order valence-corrected chi connectivity index (χ3v) is 4.51. The van der Waals surface area contributed by atoms with Crippen molar-refractivity contribution in [1.29, 1.82) is 0 Å². The SMILES string of the molecule is Cc1ccc2c(=O)n(CC3COCCN(C)C3)cnc2c1C. The van der Waals surface area contributed by atoms with Gasteiger partial charge in [-0.1, -0.05) is 6.07 Å². The van der Waals surface area contributed by atoms with Crippen LogP contribution in [-0.4, -0.2) is 47.8 Å². The van der Waals surface area contributed by atoms with Gasteiger partial charge in [-0.3, -0.25) is 9.36 Å². The van der Waals surface area contributed by atoms with E-state index >= 15 is 0 Å². The minimum atomic E-state index is 0.0417. The lowest BCUT2D eigenvalue weighted by atomic mass is 10.1. The van der Waals surface area contributed by atoms with E-state index in [9.17, 15) is 4.79 Å². The molecule has 5 heteroatoms. The van der Waals surface area contributed by atoms with Gasteiger partial charge in [0.2, 0.25) is 0 Å². The smallest absolute Gasteiger partial charge is 0.261 e. The van der Waals surface area contributed by atoms with Gasteiger partial charge in [-0.2, -0.15) is 0 Å². The van der Waals surface area contributed by atoms with Gasteiger partial charge in [0.1, 0.15) is 0 Å². The van der Waals surface area contributed by atoms with Crippen LogP contribution in [0.25, 0.3) is 10.9 Å². The fourth-order valence-electron chi connectivity index (χ4n) is 3.05. The summed E-state index contributed by atoms with van der Waals surface area (Å²) in [6.45, 7) is 8.05. The Bertz CT molecular complexity index is 738. The van der Waals surface area contributed by atoms with E-state index in [4.69, 9.17) is 4.74 Å². The molecule has 1 aliphatic heterocycles. The van der Waals surface area contributed by atoms with Crippen molar-refractivity contribution in [2.24, 2.45) is 5.92 Å². The summed E-state index contributed by atoms with van der Waals surface area (Å²) >= 11 is 0. The van der Waals surface area contributed by atoms with Gasteiger partial charge < -0.3 is 9.64 Å². The Morgan fingerprint density at radius 3 is 3.00 bits per heavy atom. The van der Waals surface area contributed by atoms with E-state index in [0.29, 0.717) is 24.5 Å². The lowest BCUT2D eigenvalue weighted by molar-refractivity contribution is 0.117. The molecule has 1 aromatic carbocycles. The lowest BCUT2D eigenvalue weighted by Gasteiger charge is -2.19. The van der Waals surface area contributed by atoms with Crippen LogP contribution in [0.2, 0.25) is 0 Å². The molecule has 3 rings (SSSR count). The highest BCUT2D eigenvalue weighted by atomic mass is 16.5. The predicted molar refractivity (Wildman–Crippen MR) is 87.3 cm³/mol. The molecule has 118 valence electrons. The number of aryl methyl sites for hydroxylation is 2. The Morgan fingerprint density at radius 1 is 1.36 bits per heavy atom. The summed E-state index contributed by atoms with van der Waals surface area (Å²) in [4.78, 5) is 19.5. The first-order valence-corrected chi connectivity index (χ1v) is 7.78. The molecule has 2 aromatic rings. The Kier molecular flexibility index (Phi) is 4.27. The van der Waals surface area contributed by atoms with E-state index in [1.54, 1.807) is 10.9 Å². The van der Waals surface area contributed by atoms with Crippen molar-refractivity contribution >= 4 is 10.9 Å². The van der Waals surface area contributed by atoms with Gasteiger partial charge in [-0.05, 0) is 38.1 Å². The highest BCUT2D eigenvalue weighted by Crippen LogP contribution is 2.16. The Morgan fingerprint density at radius 2 is 2.18 bits per heavy atom. The molecule has 2 heterocycles. The fourth-order valence-corrected chi connectivity index (χ4v) is 3.05. The zero-order chi connectivity index (χ0) is 15.7. The fraction of sp³-hybridized carbons (Fsp3) is 0.529. The molecule has 0 saturated carbocycles. The predicted octanol–water partition coefficient (Wildman–Crippen LogP) is 1.59. The second kappa shape index (κ2) is 6.18. The van der Waals surface area contributed by atoms with Crippen LogP contribution in [0.3, 0.4) is 0 Å². The standard InChI is InChI=1S/C17H23N3O2/c1-12-4-5-15-16(13(12)2)18-11-20(17(15)21)9-14-8-19(3)6-7-22-10-14/h4-5,11,14H,6-10H2,1-3H3. The molecule has 1 atom stereocenters. The molecule has 0 aliphatic carbocycles. The van der Waals surface area contributed by atoms with Crippen LogP contribution in [0.15, 0.2) is 23.3 Å². The van der Waals surface area contributed by atoms with E-state index in [0.717, 1.165) is 36.3 Å². The first-order valence-electron chi connectivity index (χ1n) is 7.78. The summed E-state index contributed by atoms with van der Waals surface area (Å²) in [5.74, 6) is 0.316. The number of rotatable bonds is 2. The molecule has 0 amide bonds. The maximum absolute atomic E-state index is 12.7. The van der Waals surface area contributed by atoms with Crippen molar-refractivity contribution in [3.63, 3.8) is 0 Å². The number of hydrogen-bond acceptors (Lipinski definition) is 4. The Hall–Kier alpha value is -1.72. The minimum absolute atomic E-state index is 0.0417. The van der Waals surface area contributed by atoms with Crippen LogP contribution in [0.4, 0.5) is 0 Å². The maximum Gasteiger partial charge on any atom is 0.261 e. The van der Waals surface area contributed by atoms with Crippen molar-refractivity contribution < 1.29 is 4.74 Å². The topological polar surface area (TPSA) is 47.4 Å². The van der Waals surface area contributed by atoms with Gasteiger partial charge in [0.25, 0.3) is 5.56 Å². The zero-order valence-electron chi connectivity index (χ0n) is 13.5. The molecule has 0 spiro atoms. The summed E-state index contributed by atoms with van der Waals surface area (Å²) in [6, 6.07) is 3.88. The van der Waals surface area contributed by atoms with E-state index in [1.165, 1.54) is 0 Å². The van der Waals surface area contributed by atoms with Gasteiger partial charge in [0.15, 0.2) is 0 Å². The molecule has 0 bridgehead atoms. The first kappa shape index (κ1) is 15.2. The molecule has 1 aliphatic rings. The van der Waals surface area contributed by atoms with Gasteiger partial charge in [-0.25, -0.2) is 4.98 Å². The molecule has 1 aromatic heterocycles. The average Bonchev–Trinajstić information content (AvgIpc) is 2.70. The van der Waals surface area contributed by atoms with Gasteiger partial charge in [0.05, 0.1) is 30.4 Å². The van der Waals surface area contributed by atoms with Crippen LogP contribution in [0.1, 0.15) is 11.1 Å². The van der Waals surface area contributed by atoms with Crippen LogP contribution < -0.4 is 5.56 Å². The molecule has 5 nitrogen and oxygen atoms in total. The number of hydrogen-bond donors (Lipinski definition) is 0. The molecule has 22 heavy (non-hydrogen) atoms. The second-order valence-electron chi connectivity index (χ2n) is 6.31. The van der Waals surface area contributed by atoms with E-state index in [-0.39, 0.29) is 5.56 Å². The summed E-state index contributed by atoms with van der Waals surface area (Å²) in [6.07, 6.45) is 1.68. The van der Waals surface area contributed by atoms with E-state index < -0.39 is 0 Å². The van der Waals surface area contributed by atoms with Crippen LogP contribution >= 0.6 is 0 Å². The third-order valence-electron chi connectivity index (χ3n) is 4.51. The Balaban J connectivity index is 1.93. The minimum Gasteiger partial charge on any atom is -0.380 e. The zero-order valence-corrected chi connectivity index (χ0v) is 13.5. The van der Waals surface area contributed by atoms with Gasteiger partial charge in [-0.15, -0.1) is 0 Å². The van der Waals surface area contributed by atoms with Crippen LogP contribution in [0.5, 0.6) is 0 Å². The molecular formula is C17H23N3O2. The number of ether oxygens (including phenoxy) is 1. The second-order valence-corrected chi connectivity index (χ2v) is 6.31. The quantitative estimate of drug-likeness (QED) is 0.845. The molecule has 0 N–H and O–H groups in total. The molecule has 0 radical (unpaired) electrons. The largest absolute Gasteiger partial charge is 0.380 e. The molecule has 1 saturated heterocycles. The van der Waals surface area contributed by atoms with Crippen molar-refractivity contribution in [2.45, 2.75) is 20.4 Å². The maximum atomic E-state index is 12.7. The van der Waals surface area contributed by atoms with Crippen molar-refractivity contribution in [3.05, 3.63) is 39.9 Å². The van der Waals surface area contributed by atoms with E-state index in [1.807, 2.05) is 26.0 Å². The van der Waals surface area contributed by atoms with Crippen molar-refractivity contribution in [1.82, 2.24) is 14.5 Å². The third kappa shape index (κ3) is 2.91. The number of nitrogens with zero attached hydrogens (tertiary/aromatic N) is 3.